The van der Waals surface area contributed by atoms with Gasteiger partial charge in [0, 0.05) is 37.4 Å². The maximum Gasteiger partial charge on any atom is 0.181 e. The Balaban J connectivity index is 0.00000288. The van der Waals surface area contributed by atoms with Crippen LogP contribution in [0, 0.1) is 20.5 Å². The standard InChI is InChI=1S/C46H81N2.2ClHO4/c1-3-5-7-9-11-13-15-17-19-21-23-25-27-29-31-33-35-46-43-45(44-36-39-47-40-37-44)38-42-48(46)41-34-32-30-28-26-24-22-20-18-16-14-12-10-8-6-4-2;2*2-1(3,4)5/h36-40,42-43H,3-35,41H2,1-2H3;2*(H,2,3,4,5)/q+1;;/p-1. The van der Waals surface area contributed by atoms with E-state index in [4.69, 9.17) is 37.3 Å². The number of aromatic nitrogens is 2. The van der Waals surface area contributed by atoms with Crippen LogP contribution in [-0.4, -0.2) is 9.64 Å². The number of hydrogen-bond donors (Lipinski definition) is 1. The molecule has 2 aromatic heterocycles. The molecule has 2 aromatic rings. The van der Waals surface area contributed by atoms with Crippen LogP contribution in [0.3, 0.4) is 0 Å². The molecule has 0 radical (unpaired) electrons. The minimum Gasteiger partial charge on any atom is -0.265 e. The zero-order chi connectivity index (χ0) is 43.0. The number of unbranched alkanes of at least 4 members (excludes halogenated alkanes) is 30. The van der Waals surface area contributed by atoms with E-state index >= 15 is 0 Å². The highest BCUT2D eigenvalue weighted by molar-refractivity contribution is 5.62. The molecule has 0 amide bonds. The lowest BCUT2D eigenvalue weighted by molar-refractivity contribution is -2.00. The van der Waals surface area contributed by atoms with Crippen molar-refractivity contribution in [1.29, 1.82) is 0 Å². The van der Waals surface area contributed by atoms with Gasteiger partial charge in [-0.1, -0.05) is 200 Å². The van der Waals surface area contributed by atoms with Crippen LogP contribution in [-0.2, 0) is 13.0 Å². The minimum absolute atomic E-state index is 1.17. The zero-order valence-electron chi connectivity index (χ0n) is 36.5. The highest BCUT2D eigenvalue weighted by atomic mass is 35.7. The number of nitrogens with zero attached hydrogens (tertiary/aromatic N) is 2. The molecule has 0 aromatic carbocycles. The lowest BCUT2D eigenvalue weighted by Crippen LogP contribution is -2.68. The van der Waals surface area contributed by atoms with Crippen molar-refractivity contribution in [3.8, 4) is 11.1 Å². The molecule has 0 spiro atoms. The smallest absolute Gasteiger partial charge is 0.181 e. The highest BCUT2D eigenvalue weighted by Crippen LogP contribution is 2.20. The molecular formula is C46H82Cl2N2O8. The van der Waals surface area contributed by atoms with Gasteiger partial charge in [0.1, 0.15) is 6.54 Å². The van der Waals surface area contributed by atoms with Gasteiger partial charge in [0.2, 0.25) is 0 Å². The molecule has 2 heterocycles. The third-order valence-corrected chi connectivity index (χ3v) is 10.7. The van der Waals surface area contributed by atoms with E-state index in [1.807, 2.05) is 12.4 Å². The van der Waals surface area contributed by atoms with Crippen LogP contribution >= 0.6 is 0 Å². The van der Waals surface area contributed by atoms with E-state index in [1.165, 1.54) is 235 Å². The normalized spacial score (nSPS) is 11.6. The van der Waals surface area contributed by atoms with E-state index in [0.717, 1.165) is 0 Å². The Morgan fingerprint density at radius 1 is 0.448 bits per heavy atom. The third-order valence-electron chi connectivity index (χ3n) is 10.7. The van der Waals surface area contributed by atoms with Crippen LogP contribution in [0.2, 0.25) is 0 Å². The number of hydrogen-bond acceptors (Lipinski definition) is 9. The average molecular weight is 862 g/mol. The summed E-state index contributed by atoms with van der Waals surface area (Å²) in [6.07, 6.45) is 53.2. The summed E-state index contributed by atoms with van der Waals surface area (Å²) in [6.45, 7) is 5.78. The molecule has 0 bridgehead atoms. The maximum absolute atomic E-state index is 8.60. The lowest BCUT2D eigenvalue weighted by atomic mass is 10.0. The molecule has 0 saturated carbocycles. The summed E-state index contributed by atoms with van der Waals surface area (Å²) in [4.78, 5) is 4.24. The molecule has 0 aliphatic rings. The predicted octanol–water partition coefficient (Wildman–Crippen LogP) is 6.22. The summed E-state index contributed by atoms with van der Waals surface area (Å²) >= 11 is 0. The number of aryl methyl sites for hydroxylation is 2. The van der Waals surface area contributed by atoms with Gasteiger partial charge in [-0.15, -0.1) is 10.2 Å². The summed E-state index contributed by atoms with van der Waals surface area (Å²) < 4.78 is 69.3. The number of rotatable bonds is 35. The summed E-state index contributed by atoms with van der Waals surface area (Å²) in [7, 11) is -9.64. The molecule has 0 atom stereocenters. The first-order chi connectivity index (χ1) is 27.8. The molecule has 1 N–H and O–H groups in total. The molecule has 0 unspecified atom stereocenters. The van der Waals surface area contributed by atoms with E-state index in [9.17, 15) is 0 Å². The number of pyridine rings is 2. The summed E-state index contributed by atoms with van der Waals surface area (Å²) in [5.74, 6) is 0. The van der Waals surface area contributed by atoms with Crippen molar-refractivity contribution in [1.82, 2.24) is 4.98 Å². The molecule has 12 heteroatoms. The summed E-state index contributed by atoms with van der Waals surface area (Å²) in [6, 6.07) is 9.08. The molecule has 2 rings (SSSR count). The van der Waals surface area contributed by atoms with Crippen LogP contribution in [0.5, 0.6) is 0 Å². The summed E-state index contributed by atoms with van der Waals surface area (Å²) in [5.41, 5.74) is 4.15. The second-order valence-electron chi connectivity index (χ2n) is 16.0. The van der Waals surface area contributed by atoms with Gasteiger partial charge in [-0.05, 0) is 36.1 Å². The first-order valence-electron chi connectivity index (χ1n) is 23.0. The largest absolute Gasteiger partial charge is 0.265 e. The Bertz CT molecular complexity index is 1130. The van der Waals surface area contributed by atoms with Crippen molar-refractivity contribution < 1.29 is 62.3 Å². The van der Waals surface area contributed by atoms with Gasteiger partial charge in [0.15, 0.2) is 11.9 Å². The molecular weight excluding hydrogens is 779 g/mol. The van der Waals surface area contributed by atoms with Gasteiger partial charge < -0.3 is 0 Å². The molecule has 0 aliphatic carbocycles. The Hall–Kier alpha value is -1.44. The van der Waals surface area contributed by atoms with E-state index in [-0.39, 0.29) is 0 Å². The Labute approximate surface area is 358 Å². The molecule has 0 aliphatic heterocycles. The van der Waals surface area contributed by atoms with Crippen LogP contribution in [0.1, 0.15) is 225 Å². The van der Waals surface area contributed by atoms with Gasteiger partial charge in [0.25, 0.3) is 0 Å². The quantitative estimate of drug-likeness (QED) is 0.0618. The Morgan fingerprint density at radius 3 is 1.07 bits per heavy atom. The monoisotopic (exact) mass is 861 g/mol. The minimum atomic E-state index is -4.94. The Kier molecular flexibility index (Phi) is 38.7. The van der Waals surface area contributed by atoms with E-state index < -0.39 is 20.5 Å². The molecule has 58 heavy (non-hydrogen) atoms. The fraction of sp³-hybridized carbons (Fsp3) is 0.783. The van der Waals surface area contributed by atoms with Crippen LogP contribution in [0.15, 0.2) is 42.9 Å². The fourth-order valence-electron chi connectivity index (χ4n) is 7.42. The van der Waals surface area contributed by atoms with Crippen molar-refractivity contribution in [2.24, 2.45) is 0 Å². The van der Waals surface area contributed by atoms with Crippen LogP contribution in [0.25, 0.3) is 11.1 Å². The molecule has 0 saturated heterocycles. The fourth-order valence-corrected chi connectivity index (χ4v) is 7.42. The number of halogens is 2. The van der Waals surface area contributed by atoms with Crippen molar-refractivity contribution in [2.45, 2.75) is 232 Å². The predicted molar refractivity (Wildman–Crippen MR) is 215 cm³/mol. The van der Waals surface area contributed by atoms with E-state index in [1.54, 1.807) is 0 Å². The van der Waals surface area contributed by atoms with E-state index in [0.29, 0.717) is 0 Å². The van der Waals surface area contributed by atoms with E-state index in [2.05, 4.69) is 53.9 Å². The molecule has 338 valence electrons. The zero-order valence-corrected chi connectivity index (χ0v) is 38.1. The van der Waals surface area contributed by atoms with Crippen molar-refractivity contribution in [3.05, 3.63) is 48.5 Å². The lowest BCUT2D eigenvalue weighted by Gasteiger charge is -2.17. The first-order valence-corrected chi connectivity index (χ1v) is 25.5. The third kappa shape index (κ3) is 44.1. The Morgan fingerprint density at radius 2 is 0.741 bits per heavy atom. The van der Waals surface area contributed by atoms with Crippen LogP contribution < -0.4 is 37.2 Å². The van der Waals surface area contributed by atoms with Crippen molar-refractivity contribution in [3.63, 3.8) is 0 Å². The van der Waals surface area contributed by atoms with Gasteiger partial charge in [-0.3, -0.25) is 4.98 Å². The first kappa shape index (κ1) is 56.6. The average Bonchev–Trinajstić information content (AvgIpc) is 3.17. The second kappa shape index (κ2) is 39.7. The van der Waals surface area contributed by atoms with Gasteiger partial charge in [-0.2, -0.15) is 14.0 Å². The second-order valence-corrected chi connectivity index (χ2v) is 17.5. The summed E-state index contributed by atoms with van der Waals surface area (Å²) in [5, 5.41) is 0. The SMILES string of the molecule is CCCCCCCCCCCCCCCCCCc1cc(-c2ccncc2)cc[n+]1CCCCCCCCCCCCCCCCCC.[O-][Cl+3]([O-])([O-])O.[O-][Cl+3]([O-])([O-])[O-]. The molecule has 0 fully saturated rings. The molecule has 10 nitrogen and oxygen atoms in total. The van der Waals surface area contributed by atoms with Gasteiger partial charge in [0.05, 0.1) is 14.9 Å². The van der Waals surface area contributed by atoms with Gasteiger partial charge in [-0.25, -0.2) is 23.2 Å². The van der Waals surface area contributed by atoms with Crippen molar-refractivity contribution in [2.75, 3.05) is 0 Å². The topological polar surface area (TPSA) is 198 Å². The maximum atomic E-state index is 8.60. The van der Waals surface area contributed by atoms with Gasteiger partial charge >= 0.3 is 0 Å². The van der Waals surface area contributed by atoms with Crippen LogP contribution in [0.4, 0.5) is 0 Å². The van der Waals surface area contributed by atoms with Crippen molar-refractivity contribution >= 4 is 0 Å². The highest BCUT2D eigenvalue weighted by Gasteiger charge is 2.13.